The molecule has 156 valence electrons. The van der Waals surface area contributed by atoms with E-state index in [1.54, 1.807) is 40.2 Å². The van der Waals surface area contributed by atoms with E-state index in [-0.39, 0.29) is 17.1 Å². The maximum Gasteiger partial charge on any atom is 0.263 e. The number of hydrogen-bond acceptors (Lipinski definition) is 5. The number of aryl methyl sites for hydroxylation is 1. The predicted molar refractivity (Wildman–Crippen MR) is 126 cm³/mol. The van der Waals surface area contributed by atoms with Crippen molar-refractivity contribution in [2.24, 2.45) is 5.92 Å². The molecule has 0 N–H and O–H groups in total. The maximum atomic E-state index is 13.4. The number of fused-ring (bicyclic) bond motifs is 3. The average molecular weight is 459 g/mol. The third-order valence-corrected chi connectivity index (χ3v) is 7.68. The van der Waals surface area contributed by atoms with Gasteiger partial charge in [0.05, 0.1) is 11.1 Å². The van der Waals surface area contributed by atoms with Gasteiger partial charge in [-0.2, -0.15) is 0 Å². The maximum absolute atomic E-state index is 13.4. The SMILES string of the molecule is C=C(C)Cn1c(SCC(=O)c2ccc(Cl)cc2)nc2sc3c(c2c1=O)CC[C@@H](C)C3. The molecule has 2 aromatic heterocycles. The molecule has 4 nitrogen and oxygen atoms in total. The molecule has 0 unspecified atom stereocenters. The summed E-state index contributed by atoms with van der Waals surface area (Å²) in [5.41, 5.74) is 2.63. The number of halogens is 1. The fourth-order valence-electron chi connectivity index (χ4n) is 3.77. The van der Waals surface area contributed by atoms with E-state index in [9.17, 15) is 9.59 Å². The van der Waals surface area contributed by atoms with Crippen LogP contribution >= 0.6 is 34.7 Å². The van der Waals surface area contributed by atoms with Crippen LogP contribution in [0.5, 0.6) is 0 Å². The van der Waals surface area contributed by atoms with E-state index in [0.717, 1.165) is 35.1 Å². The molecule has 2 heterocycles. The number of rotatable bonds is 6. The molecule has 0 bridgehead atoms. The number of benzene rings is 1. The van der Waals surface area contributed by atoms with E-state index in [0.29, 0.717) is 28.2 Å². The van der Waals surface area contributed by atoms with Crippen molar-refractivity contribution >= 4 is 50.7 Å². The number of thiophene rings is 1. The van der Waals surface area contributed by atoms with Gasteiger partial charge < -0.3 is 0 Å². The van der Waals surface area contributed by atoms with Crippen LogP contribution in [0.25, 0.3) is 10.2 Å². The van der Waals surface area contributed by atoms with Crippen LogP contribution < -0.4 is 5.56 Å². The van der Waals surface area contributed by atoms with Crippen LogP contribution in [-0.4, -0.2) is 21.1 Å². The number of aromatic nitrogens is 2. The van der Waals surface area contributed by atoms with Gasteiger partial charge in [0, 0.05) is 22.0 Å². The molecule has 1 atom stereocenters. The lowest BCUT2D eigenvalue weighted by atomic mass is 9.89. The highest BCUT2D eigenvalue weighted by molar-refractivity contribution is 7.99. The van der Waals surface area contributed by atoms with Crippen molar-refractivity contribution in [3.8, 4) is 0 Å². The monoisotopic (exact) mass is 458 g/mol. The number of carbonyl (C=O) groups excluding carboxylic acids is 1. The van der Waals surface area contributed by atoms with Crippen molar-refractivity contribution in [1.29, 1.82) is 0 Å². The number of thioether (sulfide) groups is 1. The molecule has 3 aromatic rings. The van der Waals surface area contributed by atoms with E-state index in [2.05, 4.69) is 13.5 Å². The van der Waals surface area contributed by atoms with E-state index in [1.165, 1.54) is 22.2 Å². The van der Waals surface area contributed by atoms with Crippen LogP contribution in [0.1, 0.15) is 41.1 Å². The standard InChI is InChI=1S/C23H23ClN2O2S2/c1-13(2)11-26-22(28)20-17-9-4-14(3)10-19(17)30-21(20)25-23(26)29-12-18(27)15-5-7-16(24)8-6-15/h5-8,14H,1,4,9-12H2,2-3H3/t14-/m1/s1. The zero-order valence-electron chi connectivity index (χ0n) is 17.0. The Balaban J connectivity index is 1.71. The molecule has 1 aliphatic carbocycles. The van der Waals surface area contributed by atoms with Gasteiger partial charge in [0.1, 0.15) is 4.83 Å². The second kappa shape index (κ2) is 8.69. The second-order valence-corrected chi connectivity index (χ2v) is 10.5. The van der Waals surface area contributed by atoms with Crippen LogP contribution in [0, 0.1) is 5.92 Å². The van der Waals surface area contributed by atoms with Gasteiger partial charge in [-0.1, -0.05) is 42.4 Å². The highest BCUT2D eigenvalue weighted by Gasteiger charge is 2.25. The summed E-state index contributed by atoms with van der Waals surface area (Å²) in [5, 5.41) is 1.93. The lowest BCUT2D eigenvalue weighted by Crippen LogP contribution is -2.25. The Morgan fingerprint density at radius 1 is 1.37 bits per heavy atom. The van der Waals surface area contributed by atoms with Crippen LogP contribution in [0.2, 0.25) is 5.02 Å². The molecule has 0 saturated heterocycles. The smallest absolute Gasteiger partial charge is 0.263 e. The van der Waals surface area contributed by atoms with Gasteiger partial charge in [-0.3, -0.25) is 14.2 Å². The molecule has 0 fully saturated rings. The molecule has 30 heavy (non-hydrogen) atoms. The van der Waals surface area contributed by atoms with Gasteiger partial charge in [-0.15, -0.1) is 11.3 Å². The summed E-state index contributed by atoms with van der Waals surface area (Å²) in [6.07, 6.45) is 3.04. The number of ketones is 1. The van der Waals surface area contributed by atoms with Crippen molar-refractivity contribution in [3.63, 3.8) is 0 Å². The molecule has 4 rings (SSSR count). The fourth-order valence-corrected chi connectivity index (χ4v) is 6.22. The number of hydrogen-bond donors (Lipinski definition) is 0. The van der Waals surface area contributed by atoms with Gasteiger partial charge in [0.25, 0.3) is 5.56 Å². The molecular formula is C23H23ClN2O2S2. The Kier molecular flexibility index (Phi) is 6.19. The van der Waals surface area contributed by atoms with Crippen molar-refractivity contribution in [2.45, 2.75) is 44.8 Å². The number of carbonyl (C=O) groups is 1. The largest absolute Gasteiger partial charge is 0.293 e. The summed E-state index contributed by atoms with van der Waals surface area (Å²) in [6.45, 7) is 8.53. The Hall–Kier alpha value is -1.89. The Bertz CT molecular complexity index is 1190. The number of Topliss-reactive ketones (excluding diaryl/α,β-unsaturated/α-hetero) is 1. The average Bonchev–Trinajstić information content (AvgIpc) is 3.06. The van der Waals surface area contributed by atoms with E-state index < -0.39 is 0 Å². The summed E-state index contributed by atoms with van der Waals surface area (Å²) < 4.78 is 1.68. The van der Waals surface area contributed by atoms with E-state index >= 15 is 0 Å². The summed E-state index contributed by atoms with van der Waals surface area (Å²) in [7, 11) is 0. The lowest BCUT2D eigenvalue weighted by molar-refractivity contribution is 0.102. The minimum Gasteiger partial charge on any atom is -0.293 e. The first kappa shape index (κ1) is 21.3. The quantitative estimate of drug-likeness (QED) is 0.203. The summed E-state index contributed by atoms with van der Waals surface area (Å²) in [6, 6.07) is 6.85. The number of nitrogens with zero attached hydrogens (tertiary/aromatic N) is 2. The molecule has 0 radical (unpaired) electrons. The second-order valence-electron chi connectivity index (χ2n) is 7.99. The van der Waals surface area contributed by atoms with Crippen LogP contribution in [0.15, 0.2) is 46.4 Å². The molecule has 0 aliphatic heterocycles. The van der Waals surface area contributed by atoms with Gasteiger partial charge in [0.2, 0.25) is 0 Å². The first-order chi connectivity index (χ1) is 14.3. The van der Waals surface area contributed by atoms with Crippen molar-refractivity contribution in [1.82, 2.24) is 9.55 Å². The lowest BCUT2D eigenvalue weighted by Gasteiger charge is -2.17. The molecule has 1 aliphatic rings. The van der Waals surface area contributed by atoms with Crippen molar-refractivity contribution in [3.05, 3.63) is 67.8 Å². The Labute approximate surface area is 189 Å². The summed E-state index contributed by atoms with van der Waals surface area (Å²) in [4.78, 5) is 32.9. The zero-order valence-corrected chi connectivity index (χ0v) is 19.4. The molecular weight excluding hydrogens is 436 g/mol. The highest BCUT2D eigenvalue weighted by Crippen LogP contribution is 2.36. The van der Waals surface area contributed by atoms with E-state index in [4.69, 9.17) is 16.6 Å². The molecule has 0 saturated carbocycles. The Morgan fingerprint density at radius 3 is 2.80 bits per heavy atom. The van der Waals surface area contributed by atoms with Crippen LogP contribution in [0.4, 0.5) is 0 Å². The number of allylic oxidation sites excluding steroid dienone is 1. The highest BCUT2D eigenvalue weighted by atomic mass is 35.5. The minimum atomic E-state index is -0.0211. The predicted octanol–water partition coefficient (Wildman–Crippen LogP) is 5.79. The third-order valence-electron chi connectivity index (χ3n) is 5.31. The zero-order chi connectivity index (χ0) is 21.4. The molecule has 0 amide bonds. The first-order valence-electron chi connectivity index (χ1n) is 9.94. The molecule has 0 spiro atoms. The molecule has 7 heteroatoms. The van der Waals surface area contributed by atoms with Gasteiger partial charge >= 0.3 is 0 Å². The minimum absolute atomic E-state index is 0.0171. The van der Waals surface area contributed by atoms with Gasteiger partial charge in [0.15, 0.2) is 10.9 Å². The summed E-state index contributed by atoms with van der Waals surface area (Å²) >= 11 is 8.85. The van der Waals surface area contributed by atoms with Crippen LogP contribution in [-0.2, 0) is 19.4 Å². The third kappa shape index (κ3) is 4.27. The Morgan fingerprint density at radius 2 is 2.10 bits per heavy atom. The normalized spacial score (nSPS) is 15.9. The van der Waals surface area contributed by atoms with Gasteiger partial charge in [-0.25, -0.2) is 4.98 Å². The first-order valence-corrected chi connectivity index (χ1v) is 12.1. The summed E-state index contributed by atoms with van der Waals surface area (Å²) in [5.74, 6) is 0.818. The van der Waals surface area contributed by atoms with Crippen molar-refractivity contribution in [2.75, 3.05) is 5.75 Å². The van der Waals surface area contributed by atoms with Crippen LogP contribution in [0.3, 0.4) is 0 Å². The van der Waals surface area contributed by atoms with Crippen molar-refractivity contribution < 1.29 is 4.79 Å². The molecule has 1 aromatic carbocycles. The topological polar surface area (TPSA) is 52.0 Å². The van der Waals surface area contributed by atoms with Gasteiger partial charge in [-0.05, 0) is 61.9 Å². The fraction of sp³-hybridized carbons (Fsp3) is 0.348. The van der Waals surface area contributed by atoms with E-state index in [1.807, 2.05) is 6.92 Å².